The fraction of sp³-hybridized carbons (Fsp3) is 0.471. The van der Waals surface area contributed by atoms with E-state index in [0.717, 1.165) is 12.8 Å². The first kappa shape index (κ1) is 17.8. The van der Waals surface area contributed by atoms with Crippen LogP contribution in [0, 0.1) is 0 Å². The number of carboxylic acid groups (broad SMARTS) is 1. The van der Waals surface area contributed by atoms with Crippen molar-refractivity contribution in [2.24, 2.45) is 0 Å². The molecule has 1 saturated heterocycles. The lowest BCUT2D eigenvalue weighted by molar-refractivity contribution is -0.143. The lowest BCUT2D eigenvalue weighted by Gasteiger charge is -2.33. The molecule has 0 saturated carbocycles. The van der Waals surface area contributed by atoms with E-state index < -0.39 is 12.0 Å². The molecule has 0 bridgehead atoms. The molecule has 0 unspecified atom stereocenters. The zero-order chi connectivity index (χ0) is 17.7. The second kappa shape index (κ2) is 7.81. The average Bonchev–Trinajstić information content (AvgIpc) is 2.53. The number of piperidine rings is 1. The quantitative estimate of drug-likeness (QED) is 0.787. The Balaban J connectivity index is 2.13. The van der Waals surface area contributed by atoms with Crippen LogP contribution in [-0.2, 0) is 4.79 Å². The van der Waals surface area contributed by atoms with E-state index in [1.54, 1.807) is 24.3 Å². The summed E-state index contributed by atoms with van der Waals surface area (Å²) in [6.45, 7) is 4.13. The third kappa shape index (κ3) is 4.47. The second-order valence-electron chi connectivity index (χ2n) is 6.18. The highest BCUT2D eigenvalue weighted by atomic mass is 16.4. The molecular formula is C17H23N3O4. The lowest BCUT2D eigenvalue weighted by atomic mass is 10.0. The molecule has 1 atom stereocenters. The van der Waals surface area contributed by atoms with E-state index in [2.05, 4.69) is 10.6 Å². The molecule has 0 aliphatic carbocycles. The van der Waals surface area contributed by atoms with Gasteiger partial charge in [-0.05, 0) is 51.3 Å². The molecule has 24 heavy (non-hydrogen) atoms. The van der Waals surface area contributed by atoms with Crippen LogP contribution in [-0.4, -0.2) is 46.5 Å². The molecule has 7 heteroatoms. The van der Waals surface area contributed by atoms with Crippen LogP contribution in [0.3, 0.4) is 0 Å². The van der Waals surface area contributed by atoms with Crippen LogP contribution in [0.1, 0.15) is 43.5 Å². The summed E-state index contributed by atoms with van der Waals surface area (Å²) in [6.07, 6.45) is 2.07. The molecule has 130 valence electrons. The number of aliphatic carboxylic acids is 1. The number of hydrogen-bond donors (Lipinski definition) is 3. The standard InChI is InChI=1S/C17H23N3O4/c1-11(2)18-17(24)19-13-7-5-6-12(10-13)15(21)20-9-4-3-8-14(20)16(22)23/h5-7,10-11,14H,3-4,8-9H2,1-2H3,(H,22,23)(H2,18,19,24)/t14-/m1/s1. The van der Waals surface area contributed by atoms with E-state index in [-0.39, 0.29) is 18.0 Å². The molecule has 1 aliphatic heterocycles. The van der Waals surface area contributed by atoms with E-state index in [1.165, 1.54) is 4.90 Å². The minimum absolute atomic E-state index is 0.000473. The maximum atomic E-state index is 12.7. The number of anilines is 1. The van der Waals surface area contributed by atoms with E-state index in [9.17, 15) is 19.5 Å². The maximum absolute atomic E-state index is 12.7. The molecule has 1 aromatic carbocycles. The monoisotopic (exact) mass is 333 g/mol. The summed E-state index contributed by atoms with van der Waals surface area (Å²) >= 11 is 0. The molecule has 0 aromatic heterocycles. The Morgan fingerprint density at radius 3 is 2.67 bits per heavy atom. The van der Waals surface area contributed by atoms with E-state index in [4.69, 9.17) is 0 Å². The molecule has 7 nitrogen and oxygen atoms in total. The van der Waals surface area contributed by atoms with Crippen molar-refractivity contribution in [2.75, 3.05) is 11.9 Å². The van der Waals surface area contributed by atoms with E-state index >= 15 is 0 Å². The largest absolute Gasteiger partial charge is 0.480 e. The Hall–Kier alpha value is -2.57. The molecule has 1 aromatic rings. The zero-order valence-corrected chi connectivity index (χ0v) is 13.9. The van der Waals surface area contributed by atoms with Crippen LogP contribution < -0.4 is 10.6 Å². The van der Waals surface area contributed by atoms with Crippen molar-refractivity contribution in [1.29, 1.82) is 0 Å². The average molecular weight is 333 g/mol. The van der Waals surface area contributed by atoms with Gasteiger partial charge in [0.2, 0.25) is 0 Å². The van der Waals surface area contributed by atoms with Crippen molar-refractivity contribution in [1.82, 2.24) is 10.2 Å². The molecule has 3 N–H and O–H groups in total. The van der Waals surface area contributed by atoms with Gasteiger partial charge in [-0.25, -0.2) is 9.59 Å². The van der Waals surface area contributed by atoms with Gasteiger partial charge in [-0.3, -0.25) is 4.79 Å². The predicted molar refractivity (Wildman–Crippen MR) is 90.0 cm³/mol. The Labute approximate surface area is 141 Å². The predicted octanol–water partition coefficient (Wildman–Crippen LogP) is 2.30. The minimum Gasteiger partial charge on any atom is -0.480 e. The summed E-state index contributed by atoms with van der Waals surface area (Å²) < 4.78 is 0. The number of carboxylic acids is 1. The lowest BCUT2D eigenvalue weighted by Crippen LogP contribution is -2.48. The number of urea groups is 1. The van der Waals surface area contributed by atoms with E-state index in [1.807, 2.05) is 13.8 Å². The van der Waals surface area contributed by atoms with Gasteiger partial charge in [0.05, 0.1) is 0 Å². The summed E-state index contributed by atoms with van der Waals surface area (Å²) in [5.74, 6) is -1.30. The van der Waals surface area contributed by atoms with Gasteiger partial charge >= 0.3 is 12.0 Å². The van der Waals surface area contributed by atoms with E-state index in [0.29, 0.717) is 24.2 Å². The van der Waals surface area contributed by atoms with Crippen LogP contribution in [0.25, 0.3) is 0 Å². The molecule has 0 spiro atoms. The third-order valence-electron chi connectivity index (χ3n) is 3.84. The van der Waals surface area contributed by atoms with Crippen LogP contribution >= 0.6 is 0 Å². The summed E-state index contributed by atoms with van der Waals surface area (Å²) in [6, 6.07) is 5.40. The van der Waals surface area contributed by atoms with Gasteiger partial charge in [-0.1, -0.05) is 6.07 Å². The first-order valence-corrected chi connectivity index (χ1v) is 8.10. The van der Waals surface area contributed by atoms with Gasteiger partial charge in [0.15, 0.2) is 0 Å². The van der Waals surface area contributed by atoms with Gasteiger partial charge in [-0.2, -0.15) is 0 Å². The van der Waals surface area contributed by atoms with Gasteiger partial charge in [0.1, 0.15) is 6.04 Å². The Kier molecular flexibility index (Phi) is 5.78. The molecule has 1 aliphatic rings. The van der Waals surface area contributed by atoms with Crippen LogP contribution in [0.15, 0.2) is 24.3 Å². The normalized spacial score (nSPS) is 17.5. The van der Waals surface area contributed by atoms with Gasteiger partial charge < -0.3 is 20.6 Å². The zero-order valence-electron chi connectivity index (χ0n) is 13.9. The molecule has 3 amide bonds. The SMILES string of the molecule is CC(C)NC(=O)Nc1cccc(C(=O)N2CCCC[C@@H]2C(=O)O)c1. The number of rotatable bonds is 4. The first-order valence-electron chi connectivity index (χ1n) is 8.10. The number of carbonyl (C=O) groups is 3. The molecule has 1 fully saturated rings. The molecule has 0 radical (unpaired) electrons. The highest BCUT2D eigenvalue weighted by molar-refractivity contribution is 5.98. The highest BCUT2D eigenvalue weighted by Gasteiger charge is 2.32. The van der Waals surface area contributed by atoms with Crippen LogP contribution in [0.2, 0.25) is 0 Å². The Morgan fingerprint density at radius 2 is 2.00 bits per heavy atom. The van der Waals surface area contributed by atoms with Crippen molar-refractivity contribution < 1.29 is 19.5 Å². The summed E-state index contributed by atoms with van der Waals surface area (Å²) in [4.78, 5) is 37.2. The fourth-order valence-electron chi connectivity index (χ4n) is 2.76. The number of nitrogens with one attached hydrogen (secondary N) is 2. The van der Waals surface area contributed by atoms with Crippen molar-refractivity contribution in [3.05, 3.63) is 29.8 Å². The van der Waals surface area contributed by atoms with Gasteiger partial charge in [0.25, 0.3) is 5.91 Å². The molecular weight excluding hydrogens is 310 g/mol. The number of likely N-dealkylation sites (tertiary alicyclic amines) is 1. The Morgan fingerprint density at radius 1 is 1.25 bits per heavy atom. The van der Waals surface area contributed by atoms with Crippen molar-refractivity contribution in [2.45, 2.75) is 45.2 Å². The summed E-state index contributed by atoms with van der Waals surface area (Å²) in [5.41, 5.74) is 0.855. The van der Waals surface area contributed by atoms with Gasteiger partial charge in [-0.15, -0.1) is 0 Å². The smallest absolute Gasteiger partial charge is 0.326 e. The maximum Gasteiger partial charge on any atom is 0.326 e. The topological polar surface area (TPSA) is 98.7 Å². The highest BCUT2D eigenvalue weighted by Crippen LogP contribution is 2.21. The molecule has 1 heterocycles. The van der Waals surface area contributed by atoms with Crippen molar-refractivity contribution >= 4 is 23.6 Å². The number of carbonyl (C=O) groups excluding carboxylic acids is 2. The summed E-state index contributed by atoms with van der Waals surface area (Å²) in [5, 5.41) is 14.7. The number of amides is 3. The Bertz CT molecular complexity index is 630. The van der Waals surface area contributed by atoms with Crippen molar-refractivity contribution in [3.63, 3.8) is 0 Å². The number of hydrogen-bond acceptors (Lipinski definition) is 3. The third-order valence-corrected chi connectivity index (χ3v) is 3.84. The minimum atomic E-state index is -0.978. The molecule has 2 rings (SSSR count). The van der Waals surface area contributed by atoms with Crippen molar-refractivity contribution in [3.8, 4) is 0 Å². The number of benzene rings is 1. The van der Waals surface area contributed by atoms with Crippen LogP contribution in [0.5, 0.6) is 0 Å². The van der Waals surface area contributed by atoms with Gasteiger partial charge in [0, 0.05) is 23.8 Å². The fourth-order valence-corrected chi connectivity index (χ4v) is 2.76. The second-order valence-corrected chi connectivity index (χ2v) is 6.18. The summed E-state index contributed by atoms with van der Waals surface area (Å²) in [7, 11) is 0. The van der Waals surface area contributed by atoms with Crippen LogP contribution in [0.4, 0.5) is 10.5 Å². The first-order chi connectivity index (χ1) is 11.4. The number of nitrogens with zero attached hydrogens (tertiary/aromatic N) is 1.